The first-order valence-electron chi connectivity index (χ1n) is 7.89. The first-order valence-corrected chi connectivity index (χ1v) is 7.89. The lowest BCUT2D eigenvalue weighted by Crippen LogP contribution is -2.48. The van der Waals surface area contributed by atoms with Crippen molar-refractivity contribution < 1.29 is 9.21 Å². The molecule has 1 fully saturated rings. The molecule has 2 heterocycles. The number of aryl methyl sites for hydroxylation is 1. The first kappa shape index (κ1) is 16.1. The molecular weight excluding hydrogens is 264 g/mol. The van der Waals surface area contributed by atoms with Crippen LogP contribution in [0.25, 0.3) is 0 Å². The van der Waals surface area contributed by atoms with Crippen molar-refractivity contribution in [3.63, 3.8) is 0 Å². The molecule has 1 N–H and O–H groups in total. The molecule has 1 amide bonds. The molecule has 0 bridgehead atoms. The highest BCUT2D eigenvalue weighted by Crippen LogP contribution is 2.23. The number of furan rings is 1. The van der Waals surface area contributed by atoms with Gasteiger partial charge in [-0.05, 0) is 38.8 Å². The Bertz CT molecular complexity index is 479. The fourth-order valence-electron chi connectivity index (χ4n) is 2.85. The van der Waals surface area contributed by atoms with E-state index < -0.39 is 0 Å². The number of hydrogen-bond donors (Lipinski definition) is 1. The van der Waals surface area contributed by atoms with Crippen molar-refractivity contribution in [2.75, 3.05) is 13.1 Å². The molecule has 0 saturated carbocycles. The van der Waals surface area contributed by atoms with E-state index in [1.165, 1.54) is 0 Å². The van der Waals surface area contributed by atoms with E-state index in [9.17, 15) is 4.79 Å². The highest BCUT2D eigenvalue weighted by atomic mass is 16.3. The van der Waals surface area contributed by atoms with E-state index in [1.54, 1.807) is 0 Å². The molecule has 1 aromatic rings. The van der Waals surface area contributed by atoms with Crippen LogP contribution in [0, 0.1) is 12.3 Å². The van der Waals surface area contributed by atoms with Gasteiger partial charge in [0.1, 0.15) is 11.5 Å². The van der Waals surface area contributed by atoms with Crippen molar-refractivity contribution in [2.24, 2.45) is 5.41 Å². The van der Waals surface area contributed by atoms with Crippen LogP contribution in [0.3, 0.4) is 0 Å². The van der Waals surface area contributed by atoms with Gasteiger partial charge in [0.05, 0.1) is 6.04 Å². The standard InChI is InChI=1S/C17H28N2O2/c1-12-6-7-15(21-12)13(2)18-14-8-10-19(11-9-14)16(20)17(3,4)5/h6-7,13-14,18H,8-11H2,1-5H3. The summed E-state index contributed by atoms with van der Waals surface area (Å²) in [7, 11) is 0. The molecule has 1 atom stereocenters. The third kappa shape index (κ3) is 4.10. The Balaban J connectivity index is 1.83. The summed E-state index contributed by atoms with van der Waals surface area (Å²) in [5.41, 5.74) is -0.279. The molecule has 0 radical (unpaired) electrons. The molecule has 1 aliphatic heterocycles. The predicted molar refractivity (Wildman–Crippen MR) is 84.1 cm³/mol. The van der Waals surface area contributed by atoms with Crippen LogP contribution in [0.15, 0.2) is 16.5 Å². The molecule has 1 aliphatic rings. The molecule has 1 saturated heterocycles. The average Bonchev–Trinajstić information content (AvgIpc) is 2.84. The average molecular weight is 292 g/mol. The Morgan fingerprint density at radius 3 is 2.43 bits per heavy atom. The van der Waals surface area contributed by atoms with Gasteiger partial charge < -0.3 is 14.6 Å². The predicted octanol–water partition coefficient (Wildman–Crippen LogP) is 3.28. The number of likely N-dealkylation sites (tertiary alicyclic amines) is 1. The molecule has 0 aromatic carbocycles. The molecule has 118 valence electrons. The van der Waals surface area contributed by atoms with E-state index in [2.05, 4.69) is 12.2 Å². The molecular formula is C17H28N2O2. The maximum Gasteiger partial charge on any atom is 0.227 e. The molecule has 4 heteroatoms. The van der Waals surface area contributed by atoms with Crippen molar-refractivity contribution >= 4 is 5.91 Å². The fraction of sp³-hybridized carbons (Fsp3) is 0.706. The van der Waals surface area contributed by atoms with Crippen molar-refractivity contribution in [2.45, 2.75) is 59.5 Å². The molecule has 0 aliphatic carbocycles. The number of amides is 1. The van der Waals surface area contributed by atoms with Crippen LogP contribution < -0.4 is 5.32 Å². The number of piperidine rings is 1. The Kier molecular flexibility index (Phi) is 4.77. The molecule has 2 rings (SSSR count). The Morgan fingerprint density at radius 2 is 1.95 bits per heavy atom. The molecule has 0 spiro atoms. The van der Waals surface area contributed by atoms with Gasteiger partial charge in [0, 0.05) is 24.5 Å². The maximum atomic E-state index is 12.3. The minimum absolute atomic E-state index is 0.216. The second-order valence-corrected chi connectivity index (χ2v) is 7.15. The highest BCUT2D eigenvalue weighted by Gasteiger charge is 2.30. The topological polar surface area (TPSA) is 45.5 Å². The number of carbonyl (C=O) groups excluding carboxylic acids is 1. The summed E-state index contributed by atoms with van der Waals surface area (Å²) in [5, 5.41) is 3.61. The molecule has 21 heavy (non-hydrogen) atoms. The number of rotatable bonds is 3. The second kappa shape index (κ2) is 6.22. The van der Waals surface area contributed by atoms with Crippen LogP contribution in [0.4, 0.5) is 0 Å². The van der Waals surface area contributed by atoms with Crippen LogP contribution >= 0.6 is 0 Å². The minimum atomic E-state index is -0.279. The largest absolute Gasteiger partial charge is 0.465 e. The molecule has 4 nitrogen and oxygen atoms in total. The first-order chi connectivity index (χ1) is 9.77. The smallest absolute Gasteiger partial charge is 0.227 e. The van der Waals surface area contributed by atoms with Gasteiger partial charge in [-0.25, -0.2) is 0 Å². The maximum absolute atomic E-state index is 12.3. The Morgan fingerprint density at radius 1 is 1.33 bits per heavy atom. The monoisotopic (exact) mass is 292 g/mol. The summed E-state index contributed by atoms with van der Waals surface area (Å²) < 4.78 is 5.66. The van der Waals surface area contributed by atoms with Gasteiger partial charge in [0.15, 0.2) is 0 Å². The summed E-state index contributed by atoms with van der Waals surface area (Å²) >= 11 is 0. The van der Waals surface area contributed by atoms with E-state index in [0.29, 0.717) is 6.04 Å². The van der Waals surface area contributed by atoms with Gasteiger partial charge in [-0.2, -0.15) is 0 Å². The van der Waals surface area contributed by atoms with Gasteiger partial charge in [-0.1, -0.05) is 20.8 Å². The second-order valence-electron chi connectivity index (χ2n) is 7.15. The van der Waals surface area contributed by atoms with Gasteiger partial charge in [-0.15, -0.1) is 0 Å². The third-order valence-corrected chi connectivity index (χ3v) is 4.10. The molecule has 1 unspecified atom stereocenters. The van der Waals surface area contributed by atoms with Crippen LogP contribution in [0.2, 0.25) is 0 Å². The van der Waals surface area contributed by atoms with Crippen LogP contribution in [-0.2, 0) is 4.79 Å². The number of carbonyl (C=O) groups is 1. The van der Waals surface area contributed by atoms with Gasteiger partial charge in [-0.3, -0.25) is 4.79 Å². The van der Waals surface area contributed by atoms with Gasteiger partial charge in [0.25, 0.3) is 0 Å². The van der Waals surface area contributed by atoms with Crippen LogP contribution in [-0.4, -0.2) is 29.9 Å². The zero-order chi connectivity index (χ0) is 15.6. The summed E-state index contributed by atoms with van der Waals surface area (Å²) in [6, 6.07) is 4.70. The van der Waals surface area contributed by atoms with Crippen molar-refractivity contribution in [3.05, 3.63) is 23.7 Å². The van der Waals surface area contributed by atoms with E-state index in [4.69, 9.17) is 4.42 Å². The lowest BCUT2D eigenvalue weighted by molar-refractivity contribution is -0.140. The van der Waals surface area contributed by atoms with Crippen LogP contribution in [0.1, 0.15) is 58.1 Å². The quantitative estimate of drug-likeness (QED) is 0.930. The Hall–Kier alpha value is -1.29. The van der Waals surface area contributed by atoms with E-state index in [-0.39, 0.29) is 17.4 Å². The lowest BCUT2D eigenvalue weighted by Gasteiger charge is -2.36. The minimum Gasteiger partial charge on any atom is -0.465 e. The molecule has 1 aromatic heterocycles. The SMILES string of the molecule is Cc1ccc(C(C)NC2CCN(C(=O)C(C)(C)C)CC2)o1. The van der Waals surface area contributed by atoms with Crippen LogP contribution in [0.5, 0.6) is 0 Å². The van der Waals surface area contributed by atoms with Crippen molar-refractivity contribution in [1.29, 1.82) is 0 Å². The number of hydrogen-bond acceptors (Lipinski definition) is 3. The lowest BCUT2D eigenvalue weighted by atomic mass is 9.93. The fourth-order valence-corrected chi connectivity index (χ4v) is 2.85. The van der Waals surface area contributed by atoms with E-state index in [1.807, 2.05) is 44.7 Å². The van der Waals surface area contributed by atoms with Crippen molar-refractivity contribution in [3.8, 4) is 0 Å². The normalized spacial score (nSPS) is 18.8. The zero-order valence-electron chi connectivity index (χ0n) is 13.9. The van der Waals surface area contributed by atoms with Crippen molar-refractivity contribution in [1.82, 2.24) is 10.2 Å². The van der Waals surface area contributed by atoms with E-state index in [0.717, 1.165) is 37.5 Å². The summed E-state index contributed by atoms with van der Waals surface area (Å²) in [4.78, 5) is 14.3. The van der Waals surface area contributed by atoms with Gasteiger partial charge in [0.2, 0.25) is 5.91 Å². The summed E-state index contributed by atoms with van der Waals surface area (Å²) in [6.45, 7) is 11.7. The van der Waals surface area contributed by atoms with Gasteiger partial charge >= 0.3 is 0 Å². The van der Waals surface area contributed by atoms with E-state index >= 15 is 0 Å². The zero-order valence-corrected chi connectivity index (χ0v) is 13.9. The number of nitrogens with one attached hydrogen (secondary N) is 1. The highest BCUT2D eigenvalue weighted by molar-refractivity contribution is 5.81. The Labute approximate surface area is 127 Å². The number of nitrogens with zero attached hydrogens (tertiary/aromatic N) is 1. The summed E-state index contributed by atoms with van der Waals surface area (Å²) in [5.74, 6) is 2.19. The summed E-state index contributed by atoms with van der Waals surface area (Å²) in [6.07, 6.45) is 2.01. The third-order valence-electron chi connectivity index (χ3n) is 4.10.